The Morgan fingerprint density at radius 3 is 2.60 bits per heavy atom. The van der Waals surface area contributed by atoms with Gasteiger partial charge in [-0.1, -0.05) is 20.8 Å². The first-order valence-electron chi connectivity index (χ1n) is 6.45. The van der Waals surface area contributed by atoms with E-state index in [1.54, 1.807) is 0 Å². The van der Waals surface area contributed by atoms with Crippen LogP contribution in [0.1, 0.15) is 47.5 Å². The van der Waals surface area contributed by atoms with Crippen LogP contribution in [0, 0.1) is 5.41 Å². The molecule has 0 aliphatic carbocycles. The second-order valence-corrected chi connectivity index (χ2v) is 5.73. The van der Waals surface area contributed by atoms with E-state index in [-0.39, 0.29) is 0 Å². The van der Waals surface area contributed by atoms with Crippen LogP contribution in [-0.4, -0.2) is 36.6 Å². The van der Waals surface area contributed by atoms with E-state index in [0.717, 1.165) is 12.6 Å². The molecule has 1 rings (SSSR count). The van der Waals surface area contributed by atoms with Crippen molar-refractivity contribution in [3.63, 3.8) is 0 Å². The Morgan fingerprint density at radius 2 is 2.13 bits per heavy atom. The van der Waals surface area contributed by atoms with Crippen LogP contribution in [0.4, 0.5) is 0 Å². The van der Waals surface area contributed by atoms with Crippen LogP contribution in [0.15, 0.2) is 0 Å². The van der Waals surface area contributed by atoms with Gasteiger partial charge >= 0.3 is 0 Å². The van der Waals surface area contributed by atoms with Crippen molar-refractivity contribution in [1.29, 1.82) is 0 Å². The molecule has 0 bridgehead atoms. The first-order valence-corrected chi connectivity index (χ1v) is 6.45. The maximum atomic E-state index is 3.55. The number of nitrogens with one attached hydrogen (secondary N) is 1. The topological polar surface area (TPSA) is 15.3 Å². The van der Waals surface area contributed by atoms with Crippen LogP contribution in [0.2, 0.25) is 0 Å². The van der Waals surface area contributed by atoms with E-state index in [4.69, 9.17) is 0 Å². The summed E-state index contributed by atoms with van der Waals surface area (Å²) in [6.45, 7) is 15.2. The van der Waals surface area contributed by atoms with Crippen molar-refractivity contribution in [1.82, 2.24) is 10.2 Å². The van der Waals surface area contributed by atoms with Gasteiger partial charge in [0.2, 0.25) is 0 Å². The van der Waals surface area contributed by atoms with Crippen LogP contribution < -0.4 is 5.32 Å². The van der Waals surface area contributed by atoms with E-state index in [0.29, 0.717) is 11.5 Å². The molecule has 1 fully saturated rings. The molecule has 2 heteroatoms. The Kier molecular flexibility index (Phi) is 4.60. The van der Waals surface area contributed by atoms with E-state index in [1.165, 1.54) is 25.9 Å². The highest BCUT2D eigenvalue weighted by atomic mass is 15.2. The van der Waals surface area contributed by atoms with E-state index in [9.17, 15) is 0 Å². The lowest BCUT2D eigenvalue weighted by Gasteiger charge is -2.37. The van der Waals surface area contributed by atoms with E-state index < -0.39 is 0 Å². The van der Waals surface area contributed by atoms with E-state index in [1.807, 2.05) is 0 Å². The molecule has 0 radical (unpaired) electrons. The Morgan fingerprint density at radius 1 is 1.47 bits per heavy atom. The summed E-state index contributed by atoms with van der Waals surface area (Å²) < 4.78 is 0. The number of hydrogen-bond donors (Lipinski definition) is 1. The van der Waals surface area contributed by atoms with Crippen molar-refractivity contribution < 1.29 is 0 Å². The average molecular weight is 212 g/mol. The average Bonchev–Trinajstić information content (AvgIpc) is 2.52. The largest absolute Gasteiger partial charge is 0.314 e. The third-order valence-electron chi connectivity index (χ3n) is 3.98. The zero-order valence-corrected chi connectivity index (χ0v) is 11.1. The zero-order chi connectivity index (χ0) is 11.5. The van der Waals surface area contributed by atoms with Gasteiger partial charge in [-0.25, -0.2) is 0 Å². The summed E-state index contributed by atoms with van der Waals surface area (Å²) in [6.07, 6.45) is 2.76. The zero-order valence-electron chi connectivity index (χ0n) is 11.1. The molecule has 90 valence electrons. The Balaban J connectivity index is 2.47. The normalized spacial score (nSPS) is 25.8. The molecule has 0 aromatic rings. The van der Waals surface area contributed by atoms with Crippen LogP contribution >= 0.6 is 0 Å². The van der Waals surface area contributed by atoms with Crippen molar-refractivity contribution in [3.8, 4) is 0 Å². The van der Waals surface area contributed by atoms with Gasteiger partial charge < -0.3 is 10.2 Å². The van der Waals surface area contributed by atoms with Crippen LogP contribution in [0.25, 0.3) is 0 Å². The number of nitrogens with zero attached hydrogens (tertiary/aromatic N) is 1. The Labute approximate surface area is 95.4 Å². The lowest BCUT2D eigenvalue weighted by molar-refractivity contribution is 0.139. The van der Waals surface area contributed by atoms with Gasteiger partial charge in [0, 0.05) is 18.6 Å². The maximum Gasteiger partial charge on any atom is 0.0102 e. The molecule has 1 aliphatic heterocycles. The molecule has 0 amide bonds. The van der Waals surface area contributed by atoms with Crippen LogP contribution in [0.5, 0.6) is 0 Å². The molecular formula is C13H28N2. The molecule has 1 aliphatic rings. The highest BCUT2D eigenvalue weighted by molar-refractivity contribution is 4.87. The molecule has 1 saturated heterocycles. The van der Waals surface area contributed by atoms with Crippen molar-refractivity contribution in [2.45, 2.75) is 59.5 Å². The van der Waals surface area contributed by atoms with Gasteiger partial charge in [0.15, 0.2) is 0 Å². The predicted molar refractivity (Wildman–Crippen MR) is 67.2 cm³/mol. The molecule has 2 unspecified atom stereocenters. The summed E-state index contributed by atoms with van der Waals surface area (Å²) in [5.74, 6) is 0. The van der Waals surface area contributed by atoms with Gasteiger partial charge in [-0.2, -0.15) is 0 Å². The molecule has 15 heavy (non-hydrogen) atoms. The fraction of sp³-hybridized carbons (Fsp3) is 1.00. The Hall–Kier alpha value is -0.0800. The molecule has 1 N–H and O–H groups in total. The second kappa shape index (κ2) is 5.31. The molecule has 0 aromatic heterocycles. The third-order valence-corrected chi connectivity index (χ3v) is 3.98. The quantitative estimate of drug-likeness (QED) is 0.753. The number of hydrogen-bond acceptors (Lipinski definition) is 2. The Bertz CT molecular complexity index is 189. The van der Waals surface area contributed by atoms with Crippen molar-refractivity contribution in [2.75, 3.05) is 19.6 Å². The SMILES string of the molecule is CCNC(C)C(C)(C)CN1CCCC1C. The predicted octanol–water partition coefficient (Wildman–Crippen LogP) is 2.49. The van der Waals surface area contributed by atoms with Crippen LogP contribution in [-0.2, 0) is 0 Å². The standard InChI is InChI=1S/C13H28N2/c1-6-14-12(3)13(4,5)10-15-9-7-8-11(15)2/h11-12,14H,6-10H2,1-5H3. The van der Waals surface area contributed by atoms with Crippen molar-refractivity contribution in [2.24, 2.45) is 5.41 Å². The summed E-state index contributed by atoms with van der Waals surface area (Å²) in [5, 5.41) is 3.55. The van der Waals surface area contributed by atoms with E-state index in [2.05, 4.69) is 44.8 Å². The molecular weight excluding hydrogens is 184 g/mol. The van der Waals surface area contributed by atoms with Gasteiger partial charge in [0.1, 0.15) is 0 Å². The van der Waals surface area contributed by atoms with Gasteiger partial charge in [-0.15, -0.1) is 0 Å². The minimum Gasteiger partial charge on any atom is -0.314 e. The summed E-state index contributed by atoms with van der Waals surface area (Å²) in [4.78, 5) is 2.65. The molecule has 1 heterocycles. The highest BCUT2D eigenvalue weighted by Crippen LogP contribution is 2.26. The summed E-state index contributed by atoms with van der Waals surface area (Å²) in [5.41, 5.74) is 0.370. The first-order chi connectivity index (χ1) is 6.97. The summed E-state index contributed by atoms with van der Waals surface area (Å²) >= 11 is 0. The molecule has 0 saturated carbocycles. The van der Waals surface area contributed by atoms with Gasteiger partial charge in [-0.3, -0.25) is 0 Å². The number of likely N-dealkylation sites (tertiary alicyclic amines) is 1. The maximum absolute atomic E-state index is 3.55. The van der Waals surface area contributed by atoms with Gasteiger partial charge in [-0.05, 0) is 45.2 Å². The third kappa shape index (κ3) is 3.46. The monoisotopic (exact) mass is 212 g/mol. The minimum absolute atomic E-state index is 0.370. The fourth-order valence-electron chi connectivity index (χ4n) is 2.47. The van der Waals surface area contributed by atoms with Crippen LogP contribution in [0.3, 0.4) is 0 Å². The summed E-state index contributed by atoms with van der Waals surface area (Å²) in [6, 6.07) is 1.38. The summed E-state index contributed by atoms with van der Waals surface area (Å²) in [7, 11) is 0. The highest BCUT2D eigenvalue weighted by Gasteiger charge is 2.31. The lowest BCUT2D eigenvalue weighted by atomic mass is 9.84. The number of rotatable bonds is 5. The van der Waals surface area contributed by atoms with Crippen molar-refractivity contribution >= 4 is 0 Å². The fourth-order valence-corrected chi connectivity index (χ4v) is 2.47. The first kappa shape index (κ1) is 13.0. The van der Waals surface area contributed by atoms with Gasteiger partial charge in [0.25, 0.3) is 0 Å². The lowest BCUT2D eigenvalue weighted by Crippen LogP contribution is -2.47. The molecule has 0 spiro atoms. The van der Waals surface area contributed by atoms with Crippen molar-refractivity contribution in [3.05, 3.63) is 0 Å². The van der Waals surface area contributed by atoms with E-state index >= 15 is 0 Å². The molecule has 2 atom stereocenters. The minimum atomic E-state index is 0.370. The molecule has 2 nitrogen and oxygen atoms in total. The van der Waals surface area contributed by atoms with Gasteiger partial charge in [0.05, 0.1) is 0 Å². The smallest absolute Gasteiger partial charge is 0.0102 e. The molecule has 0 aromatic carbocycles. The second-order valence-electron chi connectivity index (χ2n) is 5.73.